The van der Waals surface area contributed by atoms with Crippen LogP contribution in [0.4, 0.5) is 11.4 Å². The first-order chi connectivity index (χ1) is 15.7. The number of rotatable bonds is 7. The first-order valence-electron chi connectivity index (χ1n) is 11.6. The number of hydrogen-bond donors (Lipinski definition) is 1. The van der Waals surface area contributed by atoms with Gasteiger partial charge in [-0.2, -0.15) is 0 Å². The number of carbonyl (C=O) groups excluding carboxylic acids is 2. The Morgan fingerprint density at radius 3 is 1.91 bits per heavy atom. The van der Waals surface area contributed by atoms with E-state index in [2.05, 4.69) is 10.2 Å². The van der Waals surface area contributed by atoms with E-state index in [1.165, 1.54) is 0 Å². The Bertz CT molecular complexity index is 934. The van der Waals surface area contributed by atoms with Crippen molar-refractivity contribution in [2.45, 2.75) is 34.6 Å². The number of ether oxygens (including phenoxy) is 2. The third kappa shape index (κ3) is 6.40. The normalized spacial score (nSPS) is 14.1. The zero-order chi connectivity index (χ0) is 24.0. The Balaban J connectivity index is 1.62. The summed E-state index contributed by atoms with van der Waals surface area (Å²) in [6, 6.07) is 13.0. The van der Waals surface area contributed by atoms with Crippen molar-refractivity contribution in [1.29, 1.82) is 0 Å². The van der Waals surface area contributed by atoms with E-state index in [9.17, 15) is 9.59 Å². The second-order valence-corrected chi connectivity index (χ2v) is 9.09. The fourth-order valence-corrected chi connectivity index (χ4v) is 3.80. The molecular weight excluding hydrogens is 418 g/mol. The molecule has 0 bridgehead atoms. The number of nitrogens with zero attached hydrogens (tertiary/aromatic N) is 2. The van der Waals surface area contributed by atoms with Crippen LogP contribution in [0.25, 0.3) is 0 Å². The maximum atomic E-state index is 12.8. The van der Waals surface area contributed by atoms with Crippen LogP contribution in [0.3, 0.4) is 0 Å². The summed E-state index contributed by atoms with van der Waals surface area (Å²) in [6.45, 7) is 13.7. The van der Waals surface area contributed by atoms with Crippen molar-refractivity contribution in [2.75, 3.05) is 49.6 Å². The van der Waals surface area contributed by atoms with Crippen molar-refractivity contribution in [3.05, 3.63) is 48.0 Å². The van der Waals surface area contributed by atoms with E-state index in [0.717, 1.165) is 18.8 Å². The van der Waals surface area contributed by atoms with E-state index in [1.54, 1.807) is 18.2 Å². The number of nitrogens with one attached hydrogen (secondary N) is 1. The van der Waals surface area contributed by atoms with Gasteiger partial charge in [-0.25, -0.2) is 0 Å². The molecular formula is C26H35N3O4. The van der Waals surface area contributed by atoms with Crippen LogP contribution in [0.5, 0.6) is 11.5 Å². The standard InChI is InChI=1S/C26H35N3O4/c1-6-32-22-16-19(17-23(18-22)33-7-2)24(30)27-20-8-10-21(11-9-20)28-12-14-29(15-13-28)25(31)26(3,4)5/h8-11,16-18H,6-7,12-15H2,1-5H3,(H,27,30). The number of benzene rings is 2. The number of piperazine rings is 1. The summed E-state index contributed by atoms with van der Waals surface area (Å²) in [5, 5.41) is 2.94. The lowest BCUT2D eigenvalue weighted by atomic mass is 9.94. The fraction of sp³-hybridized carbons (Fsp3) is 0.462. The average Bonchev–Trinajstić information content (AvgIpc) is 2.79. The lowest BCUT2D eigenvalue weighted by Crippen LogP contribution is -2.51. The molecule has 0 radical (unpaired) electrons. The van der Waals surface area contributed by atoms with Gasteiger partial charge >= 0.3 is 0 Å². The lowest BCUT2D eigenvalue weighted by molar-refractivity contribution is -0.139. The van der Waals surface area contributed by atoms with Crippen LogP contribution >= 0.6 is 0 Å². The van der Waals surface area contributed by atoms with Crippen LogP contribution < -0.4 is 19.7 Å². The molecule has 0 spiro atoms. The Labute approximate surface area is 196 Å². The molecule has 0 unspecified atom stereocenters. The van der Waals surface area contributed by atoms with E-state index >= 15 is 0 Å². The molecule has 178 valence electrons. The van der Waals surface area contributed by atoms with Gasteiger partial charge in [0.15, 0.2) is 0 Å². The fourth-order valence-electron chi connectivity index (χ4n) is 3.80. The van der Waals surface area contributed by atoms with E-state index in [4.69, 9.17) is 9.47 Å². The monoisotopic (exact) mass is 453 g/mol. The molecule has 1 heterocycles. The molecule has 0 aliphatic carbocycles. The molecule has 1 N–H and O–H groups in total. The van der Waals surface area contributed by atoms with Gasteiger partial charge in [0.05, 0.1) is 13.2 Å². The Hall–Kier alpha value is -3.22. The minimum atomic E-state index is -0.354. The first-order valence-corrected chi connectivity index (χ1v) is 11.6. The van der Waals surface area contributed by atoms with E-state index in [1.807, 2.05) is 63.8 Å². The third-order valence-corrected chi connectivity index (χ3v) is 5.46. The summed E-state index contributed by atoms with van der Waals surface area (Å²) >= 11 is 0. The third-order valence-electron chi connectivity index (χ3n) is 5.46. The predicted octanol–water partition coefficient (Wildman–Crippen LogP) is 4.43. The molecule has 2 amide bonds. The van der Waals surface area contributed by atoms with Crippen molar-refractivity contribution in [3.8, 4) is 11.5 Å². The summed E-state index contributed by atoms with van der Waals surface area (Å²) in [4.78, 5) is 29.5. The highest BCUT2D eigenvalue weighted by atomic mass is 16.5. The molecule has 1 aliphatic rings. The van der Waals surface area contributed by atoms with Crippen LogP contribution in [-0.4, -0.2) is 56.1 Å². The predicted molar refractivity (Wildman–Crippen MR) is 131 cm³/mol. The Morgan fingerprint density at radius 2 is 1.42 bits per heavy atom. The van der Waals surface area contributed by atoms with Gasteiger partial charge < -0.3 is 24.6 Å². The zero-order valence-electron chi connectivity index (χ0n) is 20.3. The molecule has 0 saturated carbocycles. The van der Waals surface area contributed by atoms with Crippen molar-refractivity contribution in [1.82, 2.24) is 4.90 Å². The molecule has 1 saturated heterocycles. The topological polar surface area (TPSA) is 71.1 Å². The Morgan fingerprint density at radius 1 is 0.879 bits per heavy atom. The minimum absolute atomic E-state index is 0.195. The molecule has 2 aromatic rings. The number of carbonyl (C=O) groups is 2. The van der Waals surface area contributed by atoms with Gasteiger partial charge in [-0.3, -0.25) is 9.59 Å². The minimum Gasteiger partial charge on any atom is -0.494 e. The van der Waals surface area contributed by atoms with Gasteiger partial charge in [0.25, 0.3) is 5.91 Å². The van der Waals surface area contributed by atoms with Crippen molar-refractivity contribution in [2.24, 2.45) is 5.41 Å². The summed E-state index contributed by atoms with van der Waals surface area (Å²) in [7, 11) is 0. The van der Waals surface area contributed by atoms with E-state index < -0.39 is 0 Å². The summed E-state index contributed by atoms with van der Waals surface area (Å²) in [5.74, 6) is 1.18. The quantitative estimate of drug-likeness (QED) is 0.672. The van der Waals surface area contributed by atoms with Crippen LogP contribution in [0, 0.1) is 5.41 Å². The van der Waals surface area contributed by atoms with Gasteiger partial charge in [0.1, 0.15) is 11.5 Å². The summed E-state index contributed by atoms with van der Waals surface area (Å²) in [5.41, 5.74) is 1.92. The molecule has 1 aliphatic heterocycles. The smallest absolute Gasteiger partial charge is 0.255 e. The maximum Gasteiger partial charge on any atom is 0.255 e. The van der Waals surface area contributed by atoms with Crippen LogP contribution in [0.1, 0.15) is 45.0 Å². The largest absolute Gasteiger partial charge is 0.494 e. The highest BCUT2D eigenvalue weighted by Crippen LogP contribution is 2.25. The molecule has 7 nitrogen and oxygen atoms in total. The lowest BCUT2D eigenvalue weighted by Gasteiger charge is -2.38. The highest BCUT2D eigenvalue weighted by Gasteiger charge is 2.29. The first kappa shape index (κ1) is 24.4. The molecule has 3 rings (SSSR count). The van der Waals surface area contributed by atoms with E-state index in [-0.39, 0.29) is 17.2 Å². The van der Waals surface area contributed by atoms with Crippen LogP contribution in [0.15, 0.2) is 42.5 Å². The van der Waals surface area contributed by atoms with Gasteiger partial charge in [-0.15, -0.1) is 0 Å². The molecule has 2 aromatic carbocycles. The molecule has 7 heteroatoms. The van der Waals surface area contributed by atoms with Gasteiger partial charge in [0.2, 0.25) is 5.91 Å². The summed E-state index contributed by atoms with van der Waals surface area (Å²) in [6.07, 6.45) is 0. The second kappa shape index (κ2) is 10.6. The zero-order valence-corrected chi connectivity index (χ0v) is 20.3. The maximum absolute atomic E-state index is 12.8. The van der Waals surface area contributed by atoms with Gasteiger partial charge in [-0.05, 0) is 50.2 Å². The molecule has 0 aromatic heterocycles. The Kier molecular flexibility index (Phi) is 7.84. The van der Waals surface area contributed by atoms with Crippen molar-refractivity contribution >= 4 is 23.2 Å². The second-order valence-electron chi connectivity index (χ2n) is 9.09. The van der Waals surface area contributed by atoms with Crippen molar-refractivity contribution < 1.29 is 19.1 Å². The molecule has 33 heavy (non-hydrogen) atoms. The number of anilines is 2. The van der Waals surface area contributed by atoms with Crippen LogP contribution in [-0.2, 0) is 4.79 Å². The highest BCUT2D eigenvalue weighted by molar-refractivity contribution is 6.04. The van der Waals surface area contributed by atoms with Crippen molar-refractivity contribution in [3.63, 3.8) is 0 Å². The number of hydrogen-bond acceptors (Lipinski definition) is 5. The van der Waals surface area contributed by atoms with Gasteiger partial charge in [0, 0.05) is 54.6 Å². The van der Waals surface area contributed by atoms with Gasteiger partial charge in [-0.1, -0.05) is 20.8 Å². The average molecular weight is 454 g/mol. The molecule has 0 atom stereocenters. The van der Waals surface area contributed by atoms with Crippen LogP contribution in [0.2, 0.25) is 0 Å². The molecule has 1 fully saturated rings. The van der Waals surface area contributed by atoms with E-state index in [0.29, 0.717) is 49.1 Å². The number of amides is 2. The summed E-state index contributed by atoms with van der Waals surface area (Å²) < 4.78 is 11.1. The SMILES string of the molecule is CCOc1cc(OCC)cc(C(=O)Nc2ccc(N3CCN(C(=O)C(C)(C)C)CC3)cc2)c1.